The Morgan fingerprint density at radius 2 is 2.29 bits per heavy atom. The van der Waals surface area contributed by atoms with Crippen molar-refractivity contribution in [1.29, 1.82) is 0 Å². The maximum absolute atomic E-state index is 5.69. The van der Waals surface area contributed by atoms with E-state index in [9.17, 15) is 0 Å². The molecule has 0 saturated heterocycles. The van der Waals surface area contributed by atoms with Gasteiger partial charge >= 0.3 is 0 Å². The molecule has 0 saturated carbocycles. The number of aromatic nitrogens is 1. The fourth-order valence-electron chi connectivity index (χ4n) is 0.945. The van der Waals surface area contributed by atoms with Gasteiger partial charge in [0.2, 0.25) is 5.88 Å². The third kappa shape index (κ3) is 3.94. The molecular formula is C10H15ClN2O. The summed E-state index contributed by atoms with van der Waals surface area (Å²) in [5.74, 6) is 1.14. The van der Waals surface area contributed by atoms with Gasteiger partial charge in [-0.25, -0.2) is 4.98 Å². The number of halogens is 1. The molecule has 1 aromatic rings. The van der Waals surface area contributed by atoms with E-state index in [0.29, 0.717) is 18.4 Å². The summed E-state index contributed by atoms with van der Waals surface area (Å²) < 4.78 is 5.45. The predicted octanol–water partition coefficient (Wildman–Crippen LogP) is 1.76. The lowest BCUT2D eigenvalue weighted by Crippen LogP contribution is -2.19. The molecule has 0 radical (unpaired) electrons. The van der Waals surface area contributed by atoms with Crippen molar-refractivity contribution >= 4 is 11.6 Å². The molecular weight excluding hydrogens is 200 g/mol. The Bertz CT molecular complexity index is 279. The molecule has 0 bridgehead atoms. The van der Waals surface area contributed by atoms with Crippen molar-refractivity contribution in [3.05, 3.63) is 23.9 Å². The Kier molecular flexibility index (Phi) is 4.70. The van der Waals surface area contributed by atoms with E-state index in [4.69, 9.17) is 16.3 Å². The van der Waals surface area contributed by atoms with Gasteiger partial charge in [-0.1, -0.05) is 0 Å². The van der Waals surface area contributed by atoms with Gasteiger partial charge in [-0.05, 0) is 25.7 Å². The lowest BCUT2D eigenvalue weighted by atomic mass is 10.3. The van der Waals surface area contributed by atoms with Gasteiger partial charge in [-0.2, -0.15) is 0 Å². The van der Waals surface area contributed by atoms with Gasteiger partial charge in [0.15, 0.2) is 0 Å². The Labute approximate surface area is 89.7 Å². The van der Waals surface area contributed by atoms with Crippen LogP contribution < -0.4 is 4.74 Å². The van der Waals surface area contributed by atoms with E-state index in [0.717, 1.165) is 12.1 Å². The second kappa shape index (κ2) is 5.83. The average molecular weight is 215 g/mol. The van der Waals surface area contributed by atoms with E-state index in [2.05, 4.69) is 9.88 Å². The van der Waals surface area contributed by atoms with Crippen molar-refractivity contribution in [3.63, 3.8) is 0 Å². The summed E-state index contributed by atoms with van der Waals surface area (Å²) in [7, 11) is 4.01. The van der Waals surface area contributed by atoms with Crippen LogP contribution in [0.2, 0.25) is 0 Å². The maximum Gasteiger partial charge on any atom is 0.213 e. The van der Waals surface area contributed by atoms with Crippen LogP contribution in [0.5, 0.6) is 5.88 Å². The first-order valence-electron chi connectivity index (χ1n) is 4.51. The second-order valence-corrected chi connectivity index (χ2v) is 3.55. The molecule has 0 amide bonds. The van der Waals surface area contributed by atoms with E-state index in [1.807, 2.05) is 26.2 Å². The SMILES string of the molecule is CN(C)CCOc1cc(CCl)ccn1. The summed E-state index contributed by atoms with van der Waals surface area (Å²) in [4.78, 5) is 6.15. The third-order valence-corrected chi connectivity index (χ3v) is 2.05. The second-order valence-electron chi connectivity index (χ2n) is 3.29. The fourth-order valence-corrected chi connectivity index (χ4v) is 1.11. The molecule has 78 valence electrons. The zero-order valence-corrected chi connectivity index (χ0v) is 9.29. The normalized spacial score (nSPS) is 10.6. The first-order valence-corrected chi connectivity index (χ1v) is 5.04. The van der Waals surface area contributed by atoms with Crippen molar-refractivity contribution in [2.24, 2.45) is 0 Å². The van der Waals surface area contributed by atoms with Crippen molar-refractivity contribution in [2.45, 2.75) is 5.88 Å². The van der Waals surface area contributed by atoms with E-state index in [1.54, 1.807) is 6.20 Å². The molecule has 0 spiro atoms. The molecule has 0 N–H and O–H groups in total. The number of likely N-dealkylation sites (N-methyl/N-ethyl adjacent to an activating group) is 1. The highest BCUT2D eigenvalue weighted by Crippen LogP contribution is 2.10. The van der Waals surface area contributed by atoms with E-state index in [-0.39, 0.29) is 0 Å². The maximum atomic E-state index is 5.69. The number of pyridine rings is 1. The monoisotopic (exact) mass is 214 g/mol. The van der Waals surface area contributed by atoms with E-state index >= 15 is 0 Å². The first-order chi connectivity index (χ1) is 6.72. The van der Waals surface area contributed by atoms with Crippen LogP contribution in [0.1, 0.15) is 5.56 Å². The van der Waals surface area contributed by atoms with E-state index in [1.165, 1.54) is 0 Å². The van der Waals surface area contributed by atoms with Gasteiger partial charge in [0.05, 0.1) is 0 Å². The fraction of sp³-hybridized carbons (Fsp3) is 0.500. The highest BCUT2D eigenvalue weighted by atomic mass is 35.5. The predicted molar refractivity (Wildman–Crippen MR) is 57.8 cm³/mol. The largest absolute Gasteiger partial charge is 0.476 e. The van der Waals surface area contributed by atoms with Crippen LogP contribution in [0.15, 0.2) is 18.3 Å². The van der Waals surface area contributed by atoms with Crippen molar-refractivity contribution in [1.82, 2.24) is 9.88 Å². The highest BCUT2D eigenvalue weighted by molar-refractivity contribution is 6.17. The molecule has 1 aromatic heterocycles. The van der Waals surface area contributed by atoms with Crippen molar-refractivity contribution in [3.8, 4) is 5.88 Å². The summed E-state index contributed by atoms with van der Waals surface area (Å²) in [6, 6.07) is 3.74. The zero-order chi connectivity index (χ0) is 10.4. The summed E-state index contributed by atoms with van der Waals surface area (Å²) in [6.07, 6.45) is 1.71. The number of ether oxygens (including phenoxy) is 1. The molecule has 0 atom stereocenters. The molecule has 0 aliphatic rings. The summed E-state index contributed by atoms with van der Waals surface area (Å²) in [5, 5.41) is 0. The smallest absolute Gasteiger partial charge is 0.213 e. The Balaban J connectivity index is 2.42. The first kappa shape index (κ1) is 11.3. The van der Waals surface area contributed by atoms with Gasteiger partial charge in [0.25, 0.3) is 0 Å². The quantitative estimate of drug-likeness (QED) is 0.699. The zero-order valence-electron chi connectivity index (χ0n) is 8.53. The van der Waals surface area contributed by atoms with Crippen LogP contribution in [0.4, 0.5) is 0 Å². The lowest BCUT2D eigenvalue weighted by Gasteiger charge is -2.10. The molecule has 1 heterocycles. The molecule has 3 nitrogen and oxygen atoms in total. The molecule has 0 fully saturated rings. The lowest BCUT2D eigenvalue weighted by molar-refractivity contribution is 0.253. The molecule has 0 unspecified atom stereocenters. The molecule has 0 aliphatic heterocycles. The summed E-state index contributed by atoms with van der Waals surface area (Å²) in [6.45, 7) is 1.53. The minimum absolute atomic E-state index is 0.493. The number of rotatable bonds is 5. The van der Waals surface area contributed by atoms with Gasteiger partial charge in [-0.15, -0.1) is 11.6 Å². The van der Waals surface area contributed by atoms with Crippen molar-refractivity contribution in [2.75, 3.05) is 27.2 Å². The third-order valence-electron chi connectivity index (χ3n) is 1.74. The average Bonchev–Trinajstić information content (AvgIpc) is 2.18. The molecule has 0 aromatic carbocycles. The summed E-state index contributed by atoms with van der Waals surface area (Å²) >= 11 is 5.69. The van der Waals surface area contributed by atoms with Crippen molar-refractivity contribution < 1.29 is 4.74 Å². The van der Waals surface area contributed by atoms with Crippen LogP contribution >= 0.6 is 11.6 Å². The Hall–Kier alpha value is -0.800. The number of alkyl halides is 1. The molecule has 0 aliphatic carbocycles. The van der Waals surface area contributed by atoms with Crippen LogP contribution in [0, 0.1) is 0 Å². The molecule has 4 heteroatoms. The number of hydrogen-bond donors (Lipinski definition) is 0. The topological polar surface area (TPSA) is 25.4 Å². The minimum Gasteiger partial charge on any atom is -0.476 e. The van der Waals surface area contributed by atoms with Crippen LogP contribution in [0.3, 0.4) is 0 Å². The Morgan fingerprint density at radius 3 is 2.93 bits per heavy atom. The van der Waals surface area contributed by atoms with Gasteiger partial charge in [0.1, 0.15) is 6.61 Å². The number of hydrogen-bond acceptors (Lipinski definition) is 3. The van der Waals surface area contributed by atoms with Crippen LogP contribution in [0.25, 0.3) is 0 Å². The highest BCUT2D eigenvalue weighted by Gasteiger charge is 1.97. The van der Waals surface area contributed by atoms with E-state index < -0.39 is 0 Å². The van der Waals surface area contributed by atoms with Crippen LogP contribution in [-0.4, -0.2) is 37.1 Å². The van der Waals surface area contributed by atoms with Gasteiger partial charge in [-0.3, -0.25) is 0 Å². The summed E-state index contributed by atoms with van der Waals surface area (Å²) in [5.41, 5.74) is 1.03. The molecule has 1 rings (SSSR count). The minimum atomic E-state index is 0.493. The molecule has 14 heavy (non-hydrogen) atoms. The van der Waals surface area contributed by atoms with Crippen LogP contribution in [-0.2, 0) is 5.88 Å². The number of nitrogens with zero attached hydrogens (tertiary/aromatic N) is 2. The Morgan fingerprint density at radius 1 is 1.50 bits per heavy atom. The van der Waals surface area contributed by atoms with Gasteiger partial charge < -0.3 is 9.64 Å². The standard InChI is InChI=1S/C10H15ClN2O/c1-13(2)5-6-14-10-7-9(8-11)3-4-12-10/h3-4,7H,5-6,8H2,1-2H3. The van der Waals surface area contributed by atoms with Gasteiger partial charge in [0, 0.05) is 24.7 Å².